The van der Waals surface area contributed by atoms with Crippen LogP contribution >= 0.6 is 11.3 Å². The molecule has 1 heterocycles. The molecule has 4 saturated carbocycles. The van der Waals surface area contributed by atoms with Crippen LogP contribution < -0.4 is 10.1 Å². The van der Waals surface area contributed by atoms with Crippen molar-refractivity contribution < 1.29 is 9.53 Å². The van der Waals surface area contributed by atoms with E-state index in [1.54, 1.807) is 11.3 Å². The molecule has 1 aromatic heterocycles. The maximum absolute atomic E-state index is 12.6. The second-order valence-corrected chi connectivity index (χ2v) is 10.6. The number of aromatic nitrogens is 1. The zero-order chi connectivity index (χ0) is 20.1. The summed E-state index contributed by atoms with van der Waals surface area (Å²) in [5.74, 6) is 3.22. The van der Waals surface area contributed by atoms with E-state index >= 15 is 0 Å². The Bertz CT molecular complexity index is 1020. The third-order valence-electron chi connectivity index (χ3n) is 7.21. The van der Waals surface area contributed by atoms with E-state index in [-0.39, 0.29) is 18.1 Å². The van der Waals surface area contributed by atoms with Crippen molar-refractivity contribution in [2.45, 2.75) is 44.1 Å². The Kier molecular flexibility index (Phi) is 4.34. The fourth-order valence-corrected chi connectivity index (χ4v) is 7.40. The second kappa shape index (κ2) is 7.09. The highest BCUT2D eigenvalue weighted by Crippen LogP contribution is 2.55. The van der Waals surface area contributed by atoms with Gasteiger partial charge in [0.25, 0.3) is 5.91 Å². The lowest BCUT2D eigenvalue weighted by Gasteiger charge is -2.56. The number of fused-ring (bicyclic) bond motifs is 1. The molecule has 0 aliphatic heterocycles. The van der Waals surface area contributed by atoms with Gasteiger partial charge in [-0.3, -0.25) is 4.79 Å². The molecule has 0 saturated heterocycles. The van der Waals surface area contributed by atoms with Crippen molar-refractivity contribution in [3.05, 3.63) is 48.5 Å². The largest absolute Gasteiger partial charge is 0.484 e. The summed E-state index contributed by atoms with van der Waals surface area (Å²) in [6.45, 7) is 0.0855. The summed E-state index contributed by atoms with van der Waals surface area (Å²) < 4.78 is 6.99. The number of carbonyl (C=O) groups is 1. The predicted molar refractivity (Wildman–Crippen MR) is 120 cm³/mol. The van der Waals surface area contributed by atoms with Crippen LogP contribution in [-0.2, 0) is 4.79 Å². The minimum Gasteiger partial charge on any atom is -0.484 e. The zero-order valence-electron chi connectivity index (χ0n) is 17.0. The van der Waals surface area contributed by atoms with Crippen molar-refractivity contribution in [2.24, 2.45) is 17.8 Å². The number of benzene rings is 2. The molecule has 3 aromatic rings. The quantitative estimate of drug-likeness (QED) is 0.601. The van der Waals surface area contributed by atoms with Gasteiger partial charge >= 0.3 is 0 Å². The first-order chi connectivity index (χ1) is 14.6. The maximum atomic E-state index is 12.6. The van der Waals surface area contributed by atoms with Gasteiger partial charge in [0.1, 0.15) is 10.8 Å². The number of nitrogens with zero attached hydrogens (tertiary/aromatic N) is 1. The summed E-state index contributed by atoms with van der Waals surface area (Å²) >= 11 is 1.69. The molecule has 30 heavy (non-hydrogen) atoms. The average Bonchev–Trinajstić information content (AvgIpc) is 3.15. The standard InChI is InChI=1S/C25H26N2O2S/c28-23(27-25-12-16-9-17(13-25)11-18(10-16)14-25)15-29-20-7-5-19(6-8-20)24-26-21-3-1-2-4-22(21)30-24/h1-8,16-18H,9-15H2,(H,27,28). The highest BCUT2D eigenvalue weighted by Gasteiger charge is 2.51. The molecule has 1 amide bonds. The summed E-state index contributed by atoms with van der Waals surface area (Å²) in [5.41, 5.74) is 2.15. The van der Waals surface area contributed by atoms with Crippen LogP contribution in [0.25, 0.3) is 20.8 Å². The van der Waals surface area contributed by atoms with Gasteiger partial charge in [0.15, 0.2) is 6.61 Å². The second-order valence-electron chi connectivity index (χ2n) is 9.55. The van der Waals surface area contributed by atoms with Gasteiger partial charge in [-0.1, -0.05) is 12.1 Å². The molecule has 2 aromatic carbocycles. The molecule has 7 rings (SSSR count). The summed E-state index contributed by atoms with van der Waals surface area (Å²) in [4.78, 5) is 17.3. The lowest BCUT2D eigenvalue weighted by molar-refractivity contribution is -0.128. The Labute approximate surface area is 180 Å². The summed E-state index contributed by atoms with van der Waals surface area (Å²) in [6.07, 6.45) is 7.65. The van der Waals surface area contributed by atoms with Crippen LogP contribution in [0.1, 0.15) is 38.5 Å². The molecule has 4 aliphatic rings. The summed E-state index contributed by atoms with van der Waals surface area (Å²) in [7, 11) is 0. The molecule has 4 aliphatic carbocycles. The SMILES string of the molecule is O=C(COc1ccc(-c2nc3ccccc3s2)cc1)NC12CC3CC(CC(C3)C1)C2. The lowest BCUT2D eigenvalue weighted by Crippen LogP contribution is -2.60. The van der Waals surface area contributed by atoms with Crippen molar-refractivity contribution in [2.75, 3.05) is 6.61 Å². The van der Waals surface area contributed by atoms with Crippen LogP contribution in [0.4, 0.5) is 0 Å². The van der Waals surface area contributed by atoms with E-state index in [4.69, 9.17) is 9.72 Å². The molecule has 4 bridgehead atoms. The topological polar surface area (TPSA) is 51.2 Å². The number of para-hydroxylation sites is 1. The van der Waals surface area contributed by atoms with Crippen LogP contribution in [0.3, 0.4) is 0 Å². The molecule has 1 N–H and O–H groups in total. The number of ether oxygens (including phenoxy) is 1. The van der Waals surface area contributed by atoms with Crippen LogP contribution in [0.15, 0.2) is 48.5 Å². The minimum absolute atomic E-state index is 0.0206. The van der Waals surface area contributed by atoms with Gasteiger partial charge in [-0.2, -0.15) is 0 Å². The van der Waals surface area contributed by atoms with Crippen LogP contribution in [0.5, 0.6) is 5.75 Å². The van der Waals surface area contributed by atoms with Crippen molar-refractivity contribution >= 4 is 27.5 Å². The average molecular weight is 419 g/mol. The molecule has 0 atom stereocenters. The van der Waals surface area contributed by atoms with Crippen LogP contribution in [0, 0.1) is 17.8 Å². The van der Waals surface area contributed by atoms with E-state index < -0.39 is 0 Å². The molecule has 154 valence electrons. The smallest absolute Gasteiger partial charge is 0.258 e. The van der Waals surface area contributed by atoms with Gasteiger partial charge < -0.3 is 10.1 Å². The number of carbonyl (C=O) groups excluding carboxylic acids is 1. The van der Waals surface area contributed by atoms with E-state index in [9.17, 15) is 4.79 Å². The Hall–Kier alpha value is -2.40. The fraction of sp³-hybridized carbons (Fsp3) is 0.440. The molecule has 4 nitrogen and oxygen atoms in total. The van der Waals surface area contributed by atoms with Gasteiger partial charge in [-0.25, -0.2) is 4.98 Å². The number of amides is 1. The minimum atomic E-state index is 0.0206. The van der Waals surface area contributed by atoms with Crippen LogP contribution in [-0.4, -0.2) is 23.0 Å². The number of nitrogens with one attached hydrogen (secondary N) is 1. The number of rotatable bonds is 5. The number of hydrogen-bond donors (Lipinski definition) is 1. The first-order valence-electron chi connectivity index (χ1n) is 11.0. The molecule has 0 spiro atoms. The molecular weight excluding hydrogens is 392 g/mol. The predicted octanol–water partition coefficient (Wildman–Crippen LogP) is 5.43. The van der Waals surface area contributed by atoms with Gasteiger partial charge in [0, 0.05) is 11.1 Å². The van der Waals surface area contributed by atoms with Gasteiger partial charge in [0.05, 0.1) is 10.2 Å². The van der Waals surface area contributed by atoms with E-state index in [1.807, 2.05) is 42.5 Å². The molecule has 4 fully saturated rings. The Morgan fingerprint density at radius 1 is 1.00 bits per heavy atom. The summed E-state index contributed by atoms with van der Waals surface area (Å²) in [6, 6.07) is 16.1. The molecule has 0 radical (unpaired) electrons. The van der Waals surface area contributed by atoms with E-state index in [1.165, 1.54) is 43.2 Å². The van der Waals surface area contributed by atoms with Crippen molar-refractivity contribution in [3.63, 3.8) is 0 Å². The van der Waals surface area contributed by atoms with Crippen LogP contribution in [0.2, 0.25) is 0 Å². The summed E-state index contributed by atoms with van der Waals surface area (Å²) in [5, 5.41) is 4.38. The Balaban J connectivity index is 1.08. The zero-order valence-corrected chi connectivity index (χ0v) is 17.8. The molecular formula is C25H26N2O2S. The Morgan fingerprint density at radius 2 is 1.67 bits per heavy atom. The monoisotopic (exact) mass is 418 g/mol. The van der Waals surface area contributed by atoms with Gasteiger partial charge in [0.2, 0.25) is 0 Å². The van der Waals surface area contributed by atoms with Crippen molar-refractivity contribution in [1.82, 2.24) is 10.3 Å². The van der Waals surface area contributed by atoms with E-state index in [2.05, 4.69) is 11.4 Å². The first kappa shape index (κ1) is 18.4. The fourth-order valence-electron chi connectivity index (χ4n) is 6.43. The lowest BCUT2D eigenvalue weighted by atomic mass is 9.53. The first-order valence-corrected chi connectivity index (χ1v) is 11.9. The molecule has 5 heteroatoms. The number of thiazole rings is 1. The van der Waals surface area contributed by atoms with E-state index in [0.717, 1.165) is 39.6 Å². The third kappa shape index (κ3) is 3.39. The van der Waals surface area contributed by atoms with Gasteiger partial charge in [-0.05, 0) is 92.7 Å². The Morgan fingerprint density at radius 3 is 2.33 bits per heavy atom. The normalized spacial score (nSPS) is 29.3. The molecule has 0 unspecified atom stereocenters. The highest BCUT2D eigenvalue weighted by molar-refractivity contribution is 7.21. The van der Waals surface area contributed by atoms with E-state index in [0.29, 0.717) is 0 Å². The van der Waals surface area contributed by atoms with Crippen molar-refractivity contribution in [3.8, 4) is 16.3 Å². The highest BCUT2D eigenvalue weighted by atomic mass is 32.1. The maximum Gasteiger partial charge on any atom is 0.258 e. The van der Waals surface area contributed by atoms with Gasteiger partial charge in [-0.15, -0.1) is 11.3 Å². The van der Waals surface area contributed by atoms with Crippen molar-refractivity contribution in [1.29, 1.82) is 0 Å². The third-order valence-corrected chi connectivity index (χ3v) is 8.29. The number of hydrogen-bond acceptors (Lipinski definition) is 4.